The number of fused-ring (bicyclic) bond motifs is 2. The molecule has 6 heteroatoms. The lowest BCUT2D eigenvalue weighted by molar-refractivity contribution is -0.116. The fourth-order valence-electron chi connectivity index (χ4n) is 2.47. The average molecular weight is 316 g/mol. The van der Waals surface area contributed by atoms with Gasteiger partial charge in [-0.25, -0.2) is 4.39 Å². The molecule has 18 heavy (non-hydrogen) atoms. The highest BCUT2D eigenvalue weighted by Gasteiger charge is 2.45. The summed E-state index contributed by atoms with van der Waals surface area (Å²) in [6, 6.07) is 3.44. The van der Waals surface area contributed by atoms with Crippen molar-refractivity contribution in [2.24, 2.45) is 0 Å². The number of halogens is 2. The molecule has 0 bridgehead atoms. The van der Waals surface area contributed by atoms with E-state index < -0.39 is 17.6 Å². The summed E-state index contributed by atoms with van der Waals surface area (Å²) in [7, 11) is 0. The Kier molecular flexibility index (Phi) is 2.88. The van der Waals surface area contributed by atoms with Gasteiger partial charge in [0.25, 0.3) is 0 Å². The van der Waals surface area contributed by atoms with Crippen molar-refractivity contribution in [2.45, 2.75) is 18.2 Å². The van der Waals surface area contributed by atoms with Crippen LogP contribution in [0.4, 0.5) is 4.39 Å². The van der Waals surface area contributed by atoms with Crippen LogP contribution in [-0.4, -0.2) is 25.7 Å². The molecule has 1 fully saturated rings. The van der Waals surface area contributed by atoms with Crippen molar-refractivity contribution >= 4 is 22.2 Å². The van der Waals surface area contributed by atoms with Gasteiger partial charge in [0.2, 0.25) is 0 Å². The number of carbonyl (C=O) groups is 1. The van der Waals surface area contributed by atoms with Crippen LogP contribution in [0.2, 0.25) is 0 Å². The van der Waals surface area contributed by atoms with E-state index >= 15 is 0 Å². The van der Waals surface area contributed by atoms with Crippen LogP contribution in [0.25, 0.3) is 0 Å². The Balaban J connectivity index is 2.08. The molecule has 1 saturated heterocycles. The first kappa shape index (κ1) is 12.1. The summed E-state index contributed by atoms with van der Waals surface area (Å²) in [5.41, 5.74) is 0.180. The van der Waals surface area contributed by atoms with E-state index in [-0.39, 0.29) is 5.75 Å². The molecule has 2 aliphatic heterocycles. The molecule has 0 saturated carbocycles. The predicted molar refractivity (Wildman–Crippen MR) is 64.8 cm³/mol. The zero-order chi connectivity index (χ0) is 12.8. The van der Waals surface area contributed by atoms with Gasteiger partial charge in [0.05, 0.1) is 23.2 Å². The van der Waals surface area contributed by atoms with E-state index in [0.717, 1.165) is 0 Å². The third kappa shape index (κ3) is 1.67. The third-order valence-electron chi connectivity index (χ3n) is 3.39. The van der Waals surface area contributed by atoms with Crippen molar-refractivity contribution in [2.75, 3.05) is 13.2 Å². The Bertz CT molecular complexity index is 510. The molecule has 1 aromatic rings. The average Bonchev–Trinajstić information content (AvgIpc) is 2.79. The van der Waals surface area contributed by atoms with Crippen LogP contribution < -0.4 is 10.1 Å². The summed E-state index contributed by atoms with van der Waals surface area (Å²) in [4.78, 5) is 10.8. The summed E-state index contributed by atoms with van der Waals surface area (Å²) >= 11 is 3.13. The number of hydrogen-bond acceptors (Lipinski definition) is 4. The molecule has 0 radical (unpaired) electrons. The minimum atomic E-state index is -0.636. The highest BCUT2D eigenvalue weighted by molar-refractivity contribution is 9.10. The molecule has 0 aromatic heterocycles. The van der Waals surface area contributed by atoms with Crippen molar-refractivity contribution < 1.29 is 18.7 Å². The molecular weight excluding hydrogens is 305 g/mol. The van der Waals surface area contributed by atoms with Gasteiger partial charge in [-0.3, -0.25) is 10.1 Å². The van der Waals surface area contributed by atoms with E-state index in [4.69, 9.17) is 9.47 Å². The van der Waals surface area contributed by atoms with Crippen LogP contribution in [0.1, 0.15) is 12.0 Å². The lowest BCUT2D eigenvalue weighted by Crippen LogP contribution is -2.46. The summed E-state index contributed by atoms with van der Waals surface area (Å²) in [6.07, 6.45) is 0.715. The van der Waals surface area contributed by atoms with Crippen molar-refractivity contribution in [1.29, 1.82) is 0 Å². The topological polar surface area (TPSA) is 47.6 Å². The number of hydrogen-bond donors (Lipinski definition) is 1. The van der Waals surface area contributed by atoms with Crippen LogP contribution in [0.3, 0.4) is 0 Å². The lowest BCUT2D eigenvalue weighted by Gasteiger charge is -2.34. The van der Waals surface area contributed by atoms with Crippen LogP contribution in [0.5, 0.6) is 5.75 Å². The predicted octanol–water partition coefficient (Wildman–Crippen LogP) is 1.71. The lowest BCUT2D eigenvalue weighted by atomic mass is 9.85. The van der Waals surface area contributed by atoms with E-state index in [1.807, 2.05) is 0 Å². The number of benzene rings is 1. The summed E-state index contributed by atoms with van der Waals surface area (Å²) < 4.78 is 25.1. The smallest absolute Gasteiger partial charge is 0.179 e. The minimum Gasteiger partial charge on any atom is -0.490 e. The van der Waals surface area contributed by atoms with Crippen molar-refractivity contribution in [3.8, 4) is 5.75 Å². The Morgan fingerprint density at radius 1 is 1.56 bits per heavy atom. The maximum atomic E-state index is 14.0. The molecule has 1 N–H and O–H groups in total. The van der Waals surface area contributed by atoms with Gasteiger partial charge in [-0.1, -0.05) is 6.07 Å². The molecular formula is C12H11BrFNO3. The second-order valence-corrected chi connectivity index (χ2v) is 5.28. The first-order chi connectivity index (χ1) is 8.66. The quantitative estimate of drug-likeness (QED) is 0.802. The maximum Gasteiger partial charge on any atom is 0.179 e. The standard InChI is InChI=1S/C12H11BrFNO3/c13-8-2-1-7-11(10(8)14)17-4-3-12(7)6-18-9(5-16)15-12/h1-2,5,9,15H,3-4,6H2/t9?,12-/m1/s1. The van der Waals surface area contributed by atoms with Gasteiger partial charge in [0.1, 0.15) is 0 Å². The number of aldehydes is 1. The van der Waals surface area contributed by atoms with Gasteiger partial charge < -0.3 is 9.47 Å². The van der Waals surface area contributed by atoms with Crippen LogP contribution >= 0.6 is 15.9 Å². The highest BCUT2D eigenvalue weighted by atomic mass is 79.9. The molecule has 96 valence electrons. The van der Waals surface area contributed by atoms with E-state index in [0.29, 0.717) is 36.0 Å². The van der Waals surface area contributed by atoms with Crippen molar-refractivity contribution in [3.05, 3.63) is 28.0 Å². The Morgan fingerprint density at radius 3 is 3.11 bits per heavy atom. The zero-order valence-electron chi connectivity index (χ0n) is 9.41. The highest BCUT2D eigenvalue weighted by Crippen LogP contribution is 2.43. The van der Waals surface area contributed by atoms with Gasteiger partial charge in [-0.2, -0.15) is 0 Å². The largest absolute Gasteiger partial charge is 0.490 e. The number of nitrogens with one attached hydrogen (secondary N) is 1. The fraction of sp³-hybridized carbons (Fsp3) is 0.417. The van der Waals surface area contributed by atoms with E-state index in [9.17, 15) is 9.18 Å². The number of rotatable bonds is 1. The molecule has 4 nitrogen and oxygen atoms in total. The van der Waals surface area contributed by atoms with Gasteiger partial charge in [-0.15, -0.1) is 0 Å². The molecule has 2 heterocycles. The van der Waals surface area contributed by atoms with Crippen LogP contribution in [0.15, 0.2) is 16.6 Å². The number of ether oxygens (including phenoxy) is 2. The molecule has 1 aromatic carbocycles. The van der Waals surface area contributed by atoms with Crippen LogP contribution in [0, 0.1) is 5.82 Å². The summed E-state index contributed by atoms with van der Waals surface area (Å²) in [5.74, 6) is -0.179. The monoisotopic (exact) mass is 315 g/mol. The summed E-state index contributed by atoms with van der Waals surface area (Å²) in [6.45, 7) is 0.732. The second kappa shape index (κ2) is 4.29. The van der Waals surface area contributed by atoms with Gasteiger partial charge in [0.15, 0.2) is 24.1 Å². The van der Waals surface area contributed by atoms with Gasteiger partial charge in [-0.05, 0) is 22.0 Å². The van der Waals surface area contributed by atoms with Gasteiger partial charge in [0, 0.05) is 12.0 Å². The first-order valence-electron chi connectivity index (χ1n) is 5.62. The molecule has 3 rings (SSSR count). The Hall–Kier alpha value is -0.980. The molecule has 2 aliphatic rings. The first-order valence-corrected chi connectivity index (χ1v) is 6.41. The minimum absolute atomic E-state index is 0.235. The van der Waals surface area contributed by atoms with E-state index in [1.54, 1.807) is 12.1 Å². The zero-order valence-corrected chi connectivity index (χ0v) is 11.0. The molecule has 2 atom stereocenters. The third-order valence-corrected chi connectivity index (χ3v) is 4.00. The number of carbonyl (C=O) groups excluding carboxylic acids is 1. The fourth-order valence-corrected chi connectivity index (χ4v) is 2.79. The second-order valence-electron chi connectivity index (χ2n) is 4.43. The van der Waals surface area contributed by atoms with Crippen molar-refractivity contribution in [3.63, 3.8) is 0 Å². The van der Waals surface area contributed by atoms with Crippen LogP contribution in [-0.2, 0) is 15.1 Å². The van der Waals surface area contributed by atoms with E-state index in [1.165, 1.54) is 0 Å². The maximum absolute atomic E-state index is 14.0. The molecule has 1 unspecified atom stereocenters. The van der Waals surface area contributed by atoms with E-state index in [2.05, 4.69) is 21.2 Å². The SMILES string of the molecule is O=CC1N[C@]2(CCOc3c2ccc(Br)c3F)CO1. The Labute approximate surface area is 112 Å². The normalized spacial score (nSPS) is 30.0. The Morgan fingerprint density at radius 2 is 2.39 bits per heavy atom. The van der Waals surface area contributed by atoms with Crippen molar-refractivity contribution in [1.82, 2.24) is 5.32 Å². The molecule has 0 amide bonds. The summed E-state index contributed by atoms with van der Waals surface area (Å²) in [5, 5.41) is 3.11. The molecule has 0 aliphatic carbocycles. The van der Waals surface area contributed by atoms with Gasteiger partial charge >= 0.3 is 0 Å². The molecule has 1 spiro atoms.